The zero-order valence-electron chi connectivity index (χ0n) is 12.8. The molecule has 1 fully saturated rings. The van der Waals surface area contributed by atoms with Crippen molar-refractivity contribution in [3.63, 3.8) is 0 Å². The highest BCUT2D eigenvalue weighted by Crippen LogP contribution is 2.23. The van der Waals surface area contributed by atoms with Gasteiger partial charge >= 0.3 is 0 Å². The van der Waals surface area contributed by atoms with Gasteiger partial charge < -0.3 is 4.57 Å². The normalized spacial score (nSPS) is 23.3. The number of piperidine rings is 1. The molecule has 0 aliphatic carbocycles. The zero-order valence-corrected chi connectivity index (χ0v) is 12.8. The molecule has 2 unspecified atom stereocenters. The molecule has 110 valence electrons. The summed E-state index contributed by atoms with van der Waals surface area (Å²) in [5.74, 6) is 2.49. The summed E-state index contributed by atoms with van der Waals surface area (Å²) in [4.78, 5) is 7.23. The Morgan fingerprint density at radius 2 is 1.95 bits per heavy atom. The highest BCUT2D eigenvalue weighted by molar-refractivity contribution is 5.76. The van der Waals surface area contributed by atoms with Crippen molar-refractivity contribution >= 4 is 11.0 Å². The van der Waals surface area contributed by atoms with Gasteiger partial charge in [-0.3, -0.25) is 4.90 Å². The monoisotopic (exact) mass is 282 g/mol. The predicted molar refractivity (Wildman–Crippen MR) is 83.6 cm³/mol. The molecule has 3 rings (SSSR count). The van der Waals surface area contributed by atoms with Gasteiger partial charge in [-0.25, -0.2) is 4.98 Å². The number of para-hydroxylation sites is 2. The van der Waals surface area contributed by atoms with Crippen LogP contribution < -0.4 is 0 Å². The number of rotatable bonds is 3. The number of hydrogen-bond donors (Lipinski definition) is 0. The number of likely N-dealkylation sites (tertiary alicyclic amines) is 1. The summed E-state index contributed by atoms with van der Waals surface area (Å²) in [6.07, 6.45) is 1.31. The summed E-state index contributed by atoms with van der Waals surface area (Å²) in [6, 6.07) is 10.3. The first-order valence-electron chi connectivity index (χ1n) is 7.71. The molecule has 0 N–H and O–H groups in total. The lowest BCUT2D eigenvalue weighted by molar-refractivity contribution is 0.130. The number of nitriles is 1. The molecule has 1 aromatic carbocycles. The second-order valence-electron chi connectivity index (χ2n) is 6.40. The van der Waals surface area contributed by atoms with Crippen molar-refractivity contribution in [2.24, 2.45) is 11.8 Å². The summed E-state index contributed by atoms with van der Waals surface area (Å²) in [7, 11) is 0. The molecule has 1 aliphatic heterocycles. The van der Waals surface area contributed by atoms with Crippen LogP contribution >= 0.6 is 0 Å². The van der Waals surface area contributed by atoms with Crippen LogP contribution in [0.5, 0.6) is 0 Å². The van der Waals surface area contributed by atoms with Crippen LogP contribution in [0.25, 0.3) is 11.0 Å². The van der Waals surface area contributed by atoms with E-state index in [1.165, 1.54) is 6.42 Å². The quantitative estimate of drug-likeness (QED) is 0.869. The summed E-state index contributed by atoms with van der Waals surface area (Å²) >= 11 is 0. The van der Waals surface area contributed by atoms with Gasteiger partial charge in [0.1, 0.15) is 12.4 Å². The summed E-state index contributed by atoms with van der Waals surface area (Å²) < 4.78 is 2.05. The molecular weight excluding hydrogens is 260 g/mol. The van der Waals surface area contributed by atoms with Crippen LogP contribution in [-0.4, -0.2) is 27.5 Å². The Labute approximate surface area is 126 Å². The fraction of sp³-hybridized carbons (Fsp3) is 0.529. The molecule has 1 aromatic heterocycles. The molecule has 0 saturated carbocycles. The largest absolute Gasteiger partial charge is 0.313 e. The van der Waals surface area contributed by atoms with E-state index in [4.69, 9.17) is 10.2 Å². The molecule has 0 spiro atoms. The predicted octanol–water partition coefficient (Wildman–Crippen LogP) is 3.04. The van der Waals surface area contributed by atoms with E-state index in [9.17, 15) is 0 Å². The Morgan fingerprint density at radius 1 is 1.24 bits per heavy atom. The fourth-order valence-corrected chi connectivity index (χ4v) is 3.61. The highest BCUT2D eigenvalue weighted by Gasteiger charge is 2.23. The lowest BCUT2D eigenvalue weighted by Gasteiger charge is -2.34. The average Bonchev–Trinajstić information content (AvgIpc) is 2.76. The number of imidazole rings is 1. The van der Waals surface area contributed by atoms with Gasteiger partial charge in [0, 0.05) is 13.1 Å². The van der Waals surface area contributed by atoms with E-state index in [0.717, 1.165) is 48.3 Å². The van der Waals surface area contributed by atoms with Crippen molar-refractivity contribution in [1.29, 1.82) is 5.26 Å². The molecular formula is C17H22N4. The Hall–Kier alpha value is -1.86. The third kappa shape index (κ3) is 2.93. The smallest absolute Gasteiger partial charge is 0.125 e. The number of aromatic nitrogens is 2. The minimum Gasteiger partial charge on any atom is -0.313 e. The lowest BCUT2D eigenvalue weighted by atomic mass is 9.92. The second kappa shape index (κ2) is 5.87. The number of fused-ring (bicyclic) bond motifs is 1. The molecule has 1 aliphatic rings. The van der Waals surface area contributed by atoms with Crippen molar-refractivity contribution in [2.45, 2.75) is 33.4 Å². The number of benzene rings is 1. The topological polar surface area (TPSA) is 44.9 Å². The van der Waals surface area contributed by atoms with Gasteiger partial charge in [0.15, 0.2) is 0 Å². The van der Waals surface area contributed by atoms with Crippen molar-refractivity contribution < 1.29 is 0 Å². The lowest BCUT2D eigenvalue weighted by Crippen LogP contribution is -2.38. The summed E-state index contributed by atoms with van der Waals surface area (Å²) in [5.41, 5.74) is 2.05. The average molecular weight is 282 g/mol. The van der Waals surface area contributed by atoms with Crippen LogP contribution in [0.4, 0.5) is 0 Å². The maximum absolute atomic E-state index is 9.10. The SMILES string of the molecule is CC1CC(C)CN(Cc2nc3ccccc3n2CC#N)C1. The first-order chi connectivity index (χ1) is 10.2. The van der Waals surface area contributed by atoms with Crippen LogP contribution in [0.2, 0.25) is 0 Å². The van der Waals surface area contributed by atoms with Crippen LogP contribution in [0.15, 0.2) is 24.3 Å². The van der Waals surface area contributed by atoms with Crippen LogP contribution in [-0.2, 0) is 13.1 Å². The zero-order chi connectivity index (χ0) is 14.8. The molecule has 0 bridgehead atoms. The summed E-state index contributed by atoms with van der Waals surface area (Å²) in [6.45, 7) is 8.10. The minimum absolute atomic E-state index is 0.370. The Bertz CT molecular complexity index is 657. The van der Waals surface area contributed by atoms with Gasteiger partial charge in [-0.1, -0.05) is 26.0 Å². The van der Waals surface area contributed by atoms with E-state index in [1.54, 1.807) is 0 Å². The van der Waals surface area contributed by atoms with E-state index < -0.39 is 0 Å². The van der Waals surface area contributed by atoms with Crippen molar-refractivity contribution in [3.05, 3.63) is 30.1 Å². The third-order valence-electron chi connectivity index (χ3n) is 4.27. The van der Waals surface area contributed by atoms with Gasteiger partial charge in [0.2, 0.25) is 0 Å². The van der Waals surface area contributed by atoms with Crippen molar-refractivity contribution in [1.82, 2.24) is 14.5 Å². The maximum Gasteiger partial charge on any atom is 0.125 e. The highest BCUT2D eigenvalue weighted by atomic mass is 15.2. The third-order valence-corrected chi connectivity index (χ3v) is 4.27. The van der Waals surface area contributed by atoms with Gasteiger partial charge in [0.25, 0.3) is 0 Å². The standard InChI is InChI=1S/C17H22N4/c1-13-9-14(2)11-20(10-13)12-17-19-15-5-3-4-6-16(15)21(17)8-7-18/h3-6,13-14H,8-12H2,1-2H3. The molecule has 4 nitrogen and oxygen atoms in total. The van der Waals surface area contributed by atoms with Crippen LogP contribution in [0.3, 0.4) is 0 Å². The second-order valence-corrected chi connectivity index (χ2v) is 6.40. The van der Waals surface area contributed by atoms with Crippen molar-refractivity contribution in [2.75, 3.05) is 13.1 Å². The van der Waals surface area contributed by atoms with E-state index in [2.05, 4.69) is 29.4 Å². The molecule has 1 saturated heterocycles. The summed E-state index contributed by atoms with van der Waals surface area (Å²) in [5, 5.41) is 9.10. The Kier molecular flexibility index (Phi) is 3.94. The van der Waals surface area contributed by atoms with E-state index >= 15 is 0 Å². The van der Waals surface area contributed by atoms with Gasteiger partial charge in [-0.05, 0) is 30.4 Å². The molecule has 0 amide bonds. The maximum atomic E-state index is 9.10. The first-order valence-corrected chi connectivity index (χ1v) is 7.71. The van der Waals surface area contributed by atoms with Gasteiger partial charge in [-0.15, -0.1) is 0 Å². The van der Waals surface area contributed by atoms with Crippen LogP contribution in [0.1, 0.15) is 26.1 Å². The molecule has 2 atom stereocenters. The molecule has 2 aromatic rings. The van der Waals surface area contributed by atoms with Gasteiger partial charge in [0.05, 0.1) is 23.6 Å². The van der Waals surface area contributed by atoms with Crippen LogP contribution in [0, 0.1) is 23.2 Å². The number of nitrogens with zero attached hydrogens (tertiary/aromatic N) is 4. The fourth-order valence-electron chi connectivity index (χ4n) is 3.61. The van der Waals surface area contributed by atoms with Crippen molar-refractivity contribution in [3.8, 4) is 6.07 Å². The van der Waals surface area contributed by atoms with Gasteiger partial charge in [-0.2, -0.15) is 5.26 Å². The molecule has 21 heavy (non-hydrogen) atoms. The first kappa shape index (κ1) is 14.1. The Morgan fingerprint density at radius 3 is 2.67 bits per heavy atom. The van der Waals surface area contributed by atoms with E-state index in [-0.39, 0.29) is 0 Å². The van der Waals surface area contributed by atoms with E-state index in [0.29, 0.717) is 6.54 Å². The molecule has 2 heterocycles. The Balaban J connectivity index is 1.89. The molecule has 4 heteroatoms. The number of hydrogen-bond acceptors (Lipinski definition) is 3. The minimum atomic E-state index is 0.370. The van der Waals surface area contributed by atoms with E-state index in [1.807, 2.05) is 24.3 Å². The molecule has 0 radical (unpaired) electrons.